The maximum Gasteiger partial charge on any atom is 0.360 e. The number of oxazole rings is 1. The fourth-order valence-electron chi connectivity index (χ4n) is 2.89. The Bertz CT molecular complexity index is 1080. The third-order valence-corrected chi connectivity index (χ3v) is 4.26. The van der Waals surface area contributed by atoms with Gasteiger partial charge in [-0.1, -0.05) is 24.3 Å². The van der Waals surface area contributed by atoms with E-state index in [0.717, 1.165) is 28.7 Å². The van der Waals surface area contributed by atoms with Crippen molar-refractivity contribution in [1.82, 2.24) is 14.5 Å². The van der Waals surface area contributed by atoms with Gasteiger partial charge in [0.15, 0.2) is 5.69 Å². The molecule has 0 atom stereocenters. The Kier molecular flexibility index (Phi) is 4.01. The maximum atomic E-state index is 11.7. The lowest BCUT2D eigenvalue weighted by Gasteiger charge is -2.05. The van der Waals surface area contributed by atoms with E-state index in [1.54, 1.807) is 6.92 Å². The van der Waals surface area contributed by atoms with Gasteiger partial charge in [-0.05, 0) is 36.8 Å². The quantitative estimate of drug-likeness (QED) is 0.525. The average Bonchev–Trinajstić information content (AvgIpc) is 3.26. The number of hydrogen-bond donors (Lipinski definition) is 0. The van der Waals surface area contributed by atoms with Crippen molar-refractivity contribution in [3.05, 3.63) is 71.9 Å². The largest absolute Gasteiger partial charge is 0.464 e. The number of hydrogen-bond acceptors (Lipinski definition) is 5. The SMILES string of the molecule is COC(=O)c1nc(-c2ccc(Cn3cnc4ccccc43)cc2)oc1C. The van der Waals surface area contributed by atoms with Crippen LogP contribution in [0.4, 0.5) is 0 Å². The number of esters is 1. The Balaban J connectivity index is 1.58. The third kappa shape index (κ3) is 2.86. The highest BCUT2D eigenvalue weighted by Crippen LogP contribution is 2.23. The molecule has 6 nitrogen and oxygen atoms in total. The summed E-state index contributed by atoms with van der Waals surface area (Å²) in [7, 11) is 1.32. The van der Waals surface area contributed by atoms with E-state index in [1.807, 2.05) is 48.8 Å². The van der Waals surface area contributed by atoms with E-state index in [1.165, 1.54) is 7.11 Å². The van der Waals surface area contributed by atoms with E-state index in [9.17, 15) is 4.79 Å². The number of fused-ring (bicyclic) bond motifs is 1. The van der Waals surface area contributed by atoms with E-state index >= 15 is 0 Å². The molecule has 0 aliphatic carbocycles. The first kappa shape index (κ1) is 16.1. The number of para-hydroxylation sites is 2. The molecule has 0 saturated heterocycles. The zero-order valence-electron chi connectivity index (χ0n) is 14.5. The van der Waals surface area contributed by atoms with Gasteiger partial charge in [0.05, 0.1) is 24.5 Å². The Hall–Kier alpha value is -3.41. The van der Waals surface area contributed by atoms with Crippen LogP contribution in [-0.4, -0.2) is 27.6 Å². The molecule has 2 heterocycles. The number of rotatable bonds is 4. The van der Waals surface area contributed by atoms with E-state index in [4.69, 9.17) is 9.15 Å². The van der Waals surface area contributed by atoms with Crippen molar-refractivity contribution in [2.24, 2.45) is 0 Å². The number of methoxy groups -OCH3 is 1. The first-order valence-electron chi connectivity index (χ1n) is 8.20. The Labute approximate surface area is 150 Å². The molecule has 0 N–H and O–H groups in total. The van der Waals surface area contributed by atoms with Crippen LogP contribution in [0.15, 0.2) is 59.3 Å². The minimum absolute atomic E-state index is 0.205. The van der Waals surface area contributed by atoms with Gasteiger partial charge in [-0.15, -0.1) is 0 Å². The summed E-state index contributed by atoms with van der Waals surface area (Å²) in [6, 6.07) is 15.9. The Morgan fingerprint density at radius 1 is 1.15 bits per heavy atom. The summed E-state index contributed by atoms with van der Waals surface area (Å²) < 4.78 is 12.4. The summed E-state index contributed by atoms with van der Waals surface area (Å²) in [6.07, 6.45) is 1.85. The van der Waals surface area contributed by atoms with Gasteiger partial charge in [0.25, 0.3) is 0 Å². The van der Waals surface area contributed by atoms with Crippen LogP contribution >= 0.6 is 0 Å². The van der Waals surface area contributed by atoms with E-state index in [2.05, 4.69) is 20.6 Å². The van der Waals surface area contributed by atoms with Gasteiger partial charge in [0.1, 0.15) is 5.76 Å². The Morgan fingerprint density at radius 3 is 2.69 bits per heavy atom. The highest BCUT2D eigenvalue weighted by atomic mass is 16.5. The fraction of sp³-hybridized carbons (Fsp3) is 0.150. The van der Waals surface area contributed by atoms with Crippen molar-refractivity contribution in [1.29, 1.82) is 0 Å². The minimum Gasteiger partial charge on any atom is -0.464 e. The number of carbonyl (C=O) groups is 1. The number of ether oxygens (including phenoxy) is 1. The van der Waals surface area contributed by atoms with Crippen molar-refractivity contribution in [3.8, 4) is 11.5 Å². The summed E-state index contributed by atoms with van der Waals surface area (Å²) in [5.41, 5.74) is 4.23. The third-order valence-electron chi connectivity index (χ3n) is 4.26. The summed E-state index contributed by atoms with van der Waals surface area (Å²) in [5.74, 6) is 0.351. The highest BCUT2D eigenvalue weighted by molar-refractivity contribution is 5.88. The molecule has 4 rings (SSSR count). The van der Waals surface area contributed by atoms with Crippen LogP contribution in [0.2, 0.25) is 0 Å². The molecule has 26 heavy (non-hydrogen) atoms. The van der Waals surface area contributed by atoms with Gasteiger partial charge >= 0.3 is 5.97 Å². The van der Waals surface area contributed by atoms with Gasteiger partial charge in [0.2, 0.25) is 5.89 Å². The summed E-state index contributed by atoms with van der Waals surface area (Å²) in [4.78, 5) is 20.3. The van der Waals surface area contributed by atoms with Gasteiger partial charge in [-0.3, -0.25) is 0 Å². The molecule has 0 aliphatic heterocycles. The molecule has 0 aliphatic rings. The fourth-order valence-corrected chi connectivity index (χ4v) is 2.89. The van der Waals surface area contributed by atoms with Crippen molar-refractivity contribution in [2.75, 3.05) is 7.11 Å². The van der Waals surface area contributed by atoms with Crippen molar-refractivity contribution < 1.29 is 13.9 Å². The molecule has 0 bridgehead atoms. The second-order valence-corrected chi connectivity index (χ2v) is 5.97. The van der Waals surface area contributed by atoms with Crippen molar-refractivity contribution in [3.63, 3.8) is 0 Å². The molecule has 0 spiro atoms. The molecule has 6 heteroatoms. The number of benzene rings is 2. The molecular formula is C20H17N3O3. The maximum absolute atomic E-state index is 11.7. The molecule has 130 valence electrons. The molecular weight excluding hydrogens is 330 g/mol. The van der Waals surface area contributed by atoms with Gasteiger partial charge < -0.3 is 13.7 Å². The van der Waals surface area contributed by atoms with Gasteiger partial charge in [-0.25, -0.2) is 14.8 Å². The van der Waals surface area contributed by atoms with Crippen LogP contribution in [0, 0.1) is 6.92 Å². The lowest BCUT2D eigenvalue weighted by molar-refractivity contribution is 0.0593. The standard InChI is InChI=1S/C20H17N3O3/c1-13-18(20(24)25-2)22-19(26-13)15-9-7-14(8-10-15)11-23-12-21-16-5-3-4-6-17(16)23/h3-10,12H,11H2,1-2H3. The van der Waals surface area contributed by atoms with Crippen molar-refractivity contribution >= 4 is 17.0 Å². The summed E-state index contributed by atoms with van der Waals surface area (Å²) in [5, 5.41) is 0. The molecule has 0 radical (unpaired) electrons. The zero-order chi connectivity index (χ0) is 18.1. The van der Waals surface area contributed by atoms with Crippen LogP contribution < -0.4 is 0 Å². The van der Waals surface area contributed by atoms with Gasteiger partial charge in [-0.2, -0.15) is 0 Å². The van der Waals surface area contributed by atoms with Crippen LogP contribution in [0.1, 0.15) is 21.8 Å². The zero-order valence-corrected chi connectivity index (χ0v) is 14.5. The molecule has 2 aromatic heterocycles. The molecule has 2 aromatic carbocycles. The van der Waals surface area contributed by atoms with E-state index < -0.39 is 5.97 Å². The lowest BCUT2D eigenvalue weighted by Crippen LogP contribution is -2.03. The number of nitrogens with zero attached hydrogens (tertiary/aromatic N) is 3. The van der Waals surface area contributed by atoms with Crippen LogP contribution in [0.25, 0.3) is 22.5 Å². The van der Waals surface area contributed by atoms with Gasteiger partial charge in [0, 0.05) is 12.1 Å². The van der Waals surface area contributed by atoms with Crippen molar-refractivity contribution in [2.45, 2.75) is 13.5 Å². The minimum atomic E-state index is -0.499. The summed E-state index contributed by atoms with van der Waals surface area (Å²) in [6.45, 7) is 2.42. The number of carbonyl (C=O) groups excluding carboxylic acids is 1. The first-order chi connectivity index (χ1) is 12.7. The summed E-state index contributed by atoms with van der Waals surface area (Å²) >= 11 is 0. The molecule has 4 aromatic rings. The Morgan fingerprint density at radius 2 is 1.92 bits per heavy atom. The monoisotopic (exact) mass is 347 g/mol. The molecule has 0 unspecified atom stereocenters. The highest BCUT2D eigenvalue weighted by Gasteiger charge is 2.18. The molecule has 0 amide bonds. The van der Waals surface area contributed by atoms with E-state index in [0.29, 0.717) is 11.7 Å². The number of imidazole rings is 1. The number of aryl methyl sites for hydroxylation is 1. The predicted molar refractivity (Wildman–Crippen MR) is 96.9 cm³/mol. The second-order valence-electron chi connectivity index (χ2n) is 5.97. The first-order valence-corrected chi connectivity index (χ1v) is 8.20. The topological polar surface area (TPSA) is 70.2 Å². The average molecular weight is 347 g/mol. The predicted octanol–water partition coefficient (Wildman–Crippen LogP) is 3.83. The molecule has 0 saturated carbocycles. The number of aromatic nitrogens is 3. The van der Waals surface area contributed by atoms with E-state index in [-0.39, 0.29) is 5.69 Å². The van der Waals surface area contributed by atoms with Crippen LogP contribution in [0.3, 0.4) is 0 Å². The normalized spacial score (nSPS) is 11.0. The lowest BCUT2D eigenvalue weighted by atomic mass is 10.1. The van der Waals surface area contributed by atoms with Crippen LogP contribution in [0.5, 0.6) is 0 Å². The molecule has 0 fully saturated rings. The smallest absolute Gasteiger partial charge is 0.360 e. The second kappa shape index (κ2) is 6.48. The van der Waals surface area contributed by atoms with Crippen LogP contribution in [-0.2, 0) is 11.3 Å².